The Morgan fingerprint density at radius 3 is 2.38 bits per heavy atom. The van der Waals surface area contributed by atoms with Gasteiger partial charge in [-0.3, -0.25) is 0 Å². The first-order chi connectivity index (χ1) is 11.8. The van der Waals surface area contributed by atoms with E-state index in [1.165, 1.54) is 80.5 Å². The molecule has 2 aromatic carbocycles. The van der Waals surface area contributed by atoms with Crippen LogP contribution in [0.5, 0.6) is 0 Å². The first kappa shape index (κ1) is 17.5. The summed E-state index contributed by atoms with van der Waals surface area (Å²) in [5.41, 5.74) is 3.08. The number of rotatable bonds is 8. The van der Waals surface area contributed by atoms with Crippen LogP contribution in [0.4, 0.5) is 0 Å². The second kappa shape index (κ2) is 8.70. The van der Waals surface area contributed by atoms with Crippen LogP contribution in [-0.2, 0) is 6.42 Å². The Morgan fingerprint density at radius 1 is 0.833 bits per heavy atom. The topological polar surface area (TPSA) is 0 Å². The molecular formula is C24H34. The van der Waals surface area contributed by atoms with Crippen molar-refractivity contribution in [1.82, 2.24) is 0 Å². The van der Waals surface area contributed by atoms with E-state index in [4.69, 9.17) is 0 Å². The standard InChI is InChI=1S/C24H34/c1-3-4-5-6-7-8-9-20-11-13-23-18-24(15-14-22(23)17-20)21-12-10-19(2)16-21/h11,13-15,17-19,21H,3-10,12,16H2,1-2H3. The highest BCUT2D eigenvalue weighted by atomic mass is 14.3. The molecule has 24 heavy (non-hydrogen) atoms. The summed E-state index contributed by atoms with van der Waals surface area (Å²) in [6, 6.07) is 14.3. The highest BCUT2D eigenvalue weighted by molar-refractivity contribution is 5.84. The van der Waals surface area contributed by atoms with E-state index in [-0.39, 0.29) is 0 Å². The van der Waals surface area contributed by atoms with E-state index in [0.29, 0.717) is 0 Å². The minimum atomic E-state index is 0.798. The molecule has 1 fully saturated rings. The largest absolute Gasteiger partial charge is 0.0654 e. The van der Waals surface area contributed by atoms with Gasteiger partial charge in [0.05, 0.1) is 0 Å². The molecule has 2 unspecified atom stereocenters. The van der Waals surface area contributed by atoms with E-state index in [2.05, 4.69) is 50.2 Å². The van der Waals surface area contributed by atoms with Crippen molar-refractivity contribution in [2.75, 3.05) is 0 Å². The minimum absolute atomic E-state index is 0.798. The van der Waals surface area contributed by atoms with E-state index in [1.807, 2.05) is 0 Å². The molecule has 0 spiro atoms. The fourth-order valence-electron chi connectivity index (χ4n) is 4.34. The van der Waals surface area contributed by atoms with Gasteiger partial charge in [0.25, 0.3) is 0 Å². The molecule has 0 N–H and O–H groups in total. The van der Waals surface area contributed by atoms with Crippen molar-refractivity contribution in [2.45, 2.75) is 84.0 Å². The van der Waals surface area contributed by atoms with Crippen LogP contribution < -0.4 is 0 Å². The van der Waals surface area contributed by atoms with Gasteiger partial charge in [0.1, 0.15) is 0 Å². The van der Waals surface area contributed by atoms with E-state index < -0.39 is 0 Å². The van der Waals surface area contributed by atoms with E-state index in [9.17, 15) is 0 Å². The molecule has 0 bridgehead atoms. The third-order valence-corrected chi connectivity index (χ3v) is 5.91. The quantitative estimate of drug-likeness (QED) is 0.438. The van der Waals surface area contributed by atoms with Crippen molar-refractivity contribution in [2.24, 2.45) is 5.92 Å². The lowest BCUT2D eigenvalue weighted by atomic mass is 9.93. The maximum atomic E-state index is 2.45. The van der Waals surface area contributed by atoms with Gasteiger partial charge >= 0.3 is 0 Å². The molecule has 130 valence electrons. The molecule has 0 heteroatoms. The lowest BCUT2D eigenvalue weighted by Crippen LogP contribution is -1.94. The molecule has 0 saturated heterocycles. The molecule has 0 aliphatic heterocycles. The molecule has 0 aromatic heterocycles. The Morgan fingerprint density at radius 2 is 1.58 bits per heavy atom. The Balaban J connectivity index is 1.58. The van der Waals surface area contributed by atoms with Crippen LogP contribution in [0.3, 0.4) is 0 Å². The smallest absolute Gasteiger partial charge is 0.0159 e. The van der Waals surface area contributed by atoms with Gasteiger partial charge in [-0.2, -0.15) is 0 Å². The Hall–Kier alpha value is -1.30. The predicted octanol–water partition coefficient (Wildman–Crippen LogP) is 7.65. The van der Waals surface area contributed by atoms with Crippen molar-refractivity contribution >= 4 is 10.8 Å². The normalized spacial score (nSPS) is 20.8. The van der Waals surface area contributed by atoms with Gasteiger partial charge in [-0.05, 0) is 59.4 Å². The molecule has 2 aromatic rings. The number of aryl methyl sites for hydroxylation is 1. The Kier molecular flexibility index (Phi) is 6.35. The van der Waals surface area contributed by atoms with Crippen LogP contribution >= 0.6 is 0 Å². The molecule has 1 aliphatic rings. The van der Waals surface area contributed by atoms with Crippen LogP contribution in [0.2, 0.25) is 0 Å². The molecular weight excluding hydrogens is 288 g/mol. The highest BCUT2D eigenvalue weighted by Gasteiger charge is 2.22. The SMILES string of the molecule is CCCCCCCCc1ccc2cc(C3CCC(C)C3)ccc2c1. The summed E-state index contributed by atoms with van der Waals surface area (Å²) in [5.74, 6) is 1.71. The fourth-order valence-corrected chi connectivity index (χ4v) is 4.34. The number of unbranched alkanes of at least 4 members (excludes halogenated alkanes) is 5. The summed E-state index contributed by atoms with van der Waals surface area (Å²) in [4.78, 5) is 0. The van der Waals surface area contributed by atoms with Gasteiger partial charge in [-0.1, -0.05) is 88.8 Å². The van der Waals surface area contributed by atoms with Crippen LogP contribution in [-0.4, -0.2) is 0 Å². The monoisotopic (exact) mass is 322 g/mol. The third-order valence-electron chi connectivity index (χ3n) is 5.91. The minimum Gasteiger partial charge on any atom is -0.0654 e. The van der Waals surface area contributed by atoms with Crippen LogP contribution in [0.15, 0.2) is 36.4 Å². The lowest BCUT2D eigenvalue weighted by Gasteiger charge is -2.12. The van der Waals surface area contributed by atoms with Crippen molar-refractivity contribution in [1.29, 1.82) is 0 Å². The van der Waals surface area contributed by atoms with Crippen LogP contribution in [0.1, 0.15) is 88.7 Å². The summed E-state index contributed by atoms with van der Waals surface area (Å²) in [6.45, 7) is 4.68. The summed E-state index contributed by atoms with van der Waals surface area (Å²) >= 11 is 0. The predicted molar refractivity (Wildman–Crippen MR) is 107 cm³/mol. The Bertz CT molecular complexity index is 640. The van der Waals surface area contributed by atoms with Gasteiger partial charge in [-0.15, -0.1) is 0 Å². The molecule has 0 amide bonds. The first-order valence-corrected chi connectivity index (χ1v) is 10.3. The fraction of sp³-hybridized carbons (Fsp3) is 0.583. The Labute approximate surface area is 148 Å². The van der Waals surface area contributed by atoms with Crippen molar-refractivity contribution in [3.63, 3.8) is 0 Å². The molecule has 0 radical (unpaired) electrons. The second-order valence-corrected chi connectivity index (χ2v) is 8.07. The molecule has 0 nitrogen and oxygen atoms in total. The zero-order valence-electron chi connectivity index (χ0n) is 15.7. The second-order valence-electron chi connectivity index (χ2n) is 8.07. The number of hydrogen-bond donors (Lipinski definition) is 0. The van der Waals surface area contributed by atoms with Gasteiger partial charge in [0.2, 0.25) is 0 Å². The van der Waals surface area contributed by atoms with E-state index in [0.717, 1.165) is 11.8 Å². The van der Waals surface area contributed by atoms with Crippen molar-refractivity contribution in [3.05, 3.63) is 47.5 Å². The molecule has 1 aliphatic carbocycles. The zero-order chi connectivity index (χ0) is 16.8. The molecule has 3 rings (SSSR count). The van der Waals surface area contributed by atoms with Gasteiger partial charge < -0.3 is 0 Å². The van der Waals surface area contributed by atoms with Crippen molar-refractivity contribution in [3.8, 4) is 0 Å². The molecule has 1 saturated carbocycles. The van der Waals surface area contributed by atoms with Gasteiger partial charge in [0.15, 0.2) is 0 Å². The van der Waals surface area contributed by atoms with Gasteiger partial charge in [-0.25, -0.2) is 0 Å². The average molecular weight is 323 g/mol. The number of benzene rings is 2. The lowest BCUT2D eigenvalue weighted by molar-refractivity contribution is 0.596. The van der Waals surface area contributed by atoms with Gasteiger partial charge in [0, 0.05) is 0 Å². The third kappa shape index (κ3) is 4.62. The first-order valence-electron chi connectivity index (χ1n) is 10.3. The average Bonchev–Trinajstić information content (AvgIpc) is 3.04. The van der Waals surface area contributed by atoms with E-state index >= 15 is 0 Å². The maximum absolute atomic E-state index is 2.45. The summed E-state index contributed by atoms with van der Waals surface area (Å²) in [6.07, 6.45) is 13.7. The number of hydrogen-bond acceptors (Lipinski definition) is 0. The highest BCUT2D eigenvalue weighted by Crippen LogP contribution is 2.38. The van der Waals surface area contributed by atoms with Crippen LogP contribution in [0, 0.1) is 5.92 Å². The summed E-state index contributed by atoms with van der Waals surface area (Å²) < 4.78 is 0. The zero-order valence-corrected chi connectivity index (χ0v) is 15.7. The van der Waals surface area contributed by atoms with E-state index in [1.54, 1.807) is 5.56 Å². The molecule has 0 heterocycles. The van der Waals surface area contributed by atoms with Crippen molar-refractivity contribution < 1.29 is 0 Å². The maximum Gasteiger partial charge on any atom is -0.0159 e. The molecule has 2 atom stereocenters. The summed E-state index contributed by atoms with van der Waals surface area (Å²) in [5, 5.41) is 2.85. The summed E-state index contributed by atoms with van der Waals surface area (Å²) in [7, 11) is 0. The van der Waals surface area contributed by atoms with Crippen LogP contribution in [0.25, 0.3) is 10.8 Å². The number of fused-ring (bicyclic) bond motifs is 1.